The van der Waals surface area contributed by atoms with Crippen LogP contribution in [0.2, 0.25) is 0 Å². The lowest BCUT2D eigenvalue weighted by molar-refractivity contribution is -0.142. The second kappa shape index (κ2) is 11.4. The molecule has 0 aliphatic carbocycles. The molecule has 0 unspecified atom stereocenters. The van der Waals surface area contributed by atoms with E-state index >= 15 is 0 Å². The Kier molecular flexibility index (Phi) is 7.81. The molecule has 0 aromatic heterocycles. The highest BCUT2D eigenvalue weighted by Crippen LogP contribution is 2.32. The van der Waals surface area contributed by atoms with Gasteiger partial charge in [0.05, 0.1) is 5.41 Å². The van der Waals surface area contributed by atoms with Gasteiger partial charge < -0.3 is 15.2 Å². The van der Waals surface area contributed by atoms with Crippen molar-refractivity contribution in [1.82, 2.24) is 5.32 Å². The highest BCUT2D eigenvalue weighted by molar-refractivity contribution is 5.94. The second-order valence-corrected chi connectivity index (χ2v) is 8.84. The summed E-state index contributed by atoms with van der Waals surface area (Å²) in [6.45, 7) is 2.27. The zero-order valence-corrected chi connectivity index (χ0v) is 20.1. The Morgan fingerprint density at radius 3 is 1.75 bits per heavy atom. The molecule has 0 bridgehead atoms. The van der Waals surface area contributed by atoms with Crippen LogP contribution in [0.4, 0.5) is 0 Å². The smallest absolute Gasteiger partial charge is 0.326 e. The molecular formula is C31H29NO4. The topological polar surface area (TPSA) is 75.6 Å². The van der Waals surface area contributed by atoms with Crippen molar-refractivity contribution in [3.8, 4) is 5.75 Å². The molecule has 4 aromatic rings. The van der Waals surface area contributed by atoms with Crippen LogP contribution >= 0.6 is 0 Å². The van der Waals surface area contributed by atoms with Gasteiger partial charge in [-0.3, -0.25) is 4.79 Å². The van der Waals surface area contributed by atoms with Crippen LogP contribution in [0.3, 0.4) is 0 Å². The summed E-state index contributed by atoms with van der Waals surface area (Å²) in [5, 5.41) is 12.7. The van der Waals surface area contributed by atoms with E-state index in [0.717, 1.165) is 22.3 Å². The van der Waals surface area contributed by atoms with Crippen LogP contribution in [0.15, 0.2) is 115 Å². The molecule has 0 spiro atoms. The molecule has 4 rings (SSSR count). The van der Waals surface area contributed by atoms with E-state index in [4.69, 9.17) is 4.74 Å². The third-order valence-corrected chi connectivity index (χ3v) is 6.37. The van der Waals surface area contributed by atoms with Crippen molar-refractivity contribution in [2.45, 2.75) is 31.4 Å². The SMILES string of the molecule is CC(C(=O)N[C@H](Cc1ccc(OCc2ccccc2)cc1)C(=O)O)(c1ccccc1)c1ccccc1. The lowest BCUT2D eigenvalue weighted by atomic mass is 9.75. The first-order chi connectivity index (χ1) is 17.5. The molecule has 0 aliphatic heterocycles. The highest BCUT2D eigenvalue weighted by Gasteiger charge is 2.39. The molecule has 5 heteroatoms. The van der Waals surface area contributed by atoms with Crippen LogP contribution in [0.1, 0.15) is 29.2 Å². The number of carboxylic acid groups (broad SMARTS) is 1. The Labute approximate surface area is 211 Å². The summed E-state index contributed by atoms with van der Waals surface area (Å²) in [7, 11) is 0. The molecule has 4 aromatic carbocycles. The number of benzene rings is 4. The molecule has 2 N–H and O–H groups in total. The summed E-state index contributed by atoms with van der Waals surface area (Å²) in [5.41, 5.74) is 2.38. The van der Waals surface area contributed by atoms with Crippen molar-refractivity contribution in [3.05, 3.63) is 138 Å². The molecule has 5 nitrogen and oxygen atoms in total. The number of rotatable bonds is 10. The van der Waals surface area contributed by atoms with Crippen LogP contribution < -0.4 is 10.1 Å². The zero-order chi connectivity index (χ0) is 25.4. The maximum atomic E-state index is 13.7. The highest BCUT2D eigenvalue weighted by atomic mass is 16.5. The molecule has 1 atom stereocenters. The van der Waals surface area contributed by atoms with Crippen molar-refractivity contribution in [3.63, 3.8) is 0 Å². The van der Waals surface area contributed by atoms with Crippen molar-refractivity contribution < 1.29 is 19.4 Å². The molecule has 0 saturated carbocycles. The maximum Gasteiger partial charge on any atom is 0.326 e. The molecule has 0 heterocycles. The number of nitrogens with one attached hydrogen (secondary N) is 1. The minimum Gasteiger partial charge on any atom is -0.489 e. The van der Waals surface area contributed by atoms with Gasteiger partial charge in [0.1, 0.15) is 18.4 Å². The number of ether oxygens (including phenoxy) is 1. The van der Waals surface area contributed by atoms with Gasteiger partial charge in [-0.1, -0.05) is 103 Å². The summed E-state index contributed by atoms with van der Waals surface area (Å²) >= 11 is 0. The van der Waals surface area contributed by atoms with Crippen molar-refractivity contribution in [2.24, 2.45) is 0 Å². The van der Waals surface area contributed by atoms with E-state index in [2.05, 4.69) is 5.32 Å². The van der Waals surface area contributed by atoms with Crippen LogP contribution in [-0.4, -0.2) is 23.0 Å². The van der Waals surface area contributed by atoms with Crippen molar-refractivity contribution >= 4 is 11.9 Å². The summed E-state index contributed by atoms with van der Waals surface area (Å²) in [5.74, 6) is -0.759. The van der Waals surface area contributed by atoms with E-state index in [1.54, 1.807) is 0 Å². The molecule has 182 valence electrons. The van der Waals surface area contributed by atoms with Crippen LogP contribution in [-0.2, 0) is 28.0 Å². The van der Waals surface area contributed by atoms with E-state index in [-0.39, 0.29) is 12.3 Å². The summed E-state index contributed by atoms with van der Waals surface area (Å²) < 4.78 is 5.82. The first-order valence-electron chi connectivity index (χ1n) is 11.9. The Hall–Kier alpha value is -4.38. The van der Waals surface area contributed by atoms with E-state index in [1.807, 2.05) is 122 Å². The summed E-state index contributed by atoms with van der Waals surface area (Å²) in [4.78, 5) is 25.8. The maximum absolute atomic E-state index is 13.7. The summed E-state index contributed by atoms with van der Waals surface area (Å²) in [6, 6.07) is 34.9. The van der Waals surface area contributed by atoms with Crippen LogP contribution in [0, 0.1) is 0 Å². The first-order valence-corrected chi connectivity index (χ1v) is 11.9. The van der Waals surface area contributed by atoms with Crippen molar-refractivity contribution in [1.29, 1.82) is 0 Å². The molecule has 0 aliphatic rings. The number of hydrogen-bond donors (Lipinski definition) is 2. The number of carboxylic acids is 1. The largest absolute Gasteiger partial charge is 0.489 e. The quantitative estimate of drug-likeness (QED) is 0.320. The fourth-order valence-electron chi connectivity index (χ4n) is 4.17. The first kappa shape index (κ1) is 24.7. The van der Waals surface area contributed by atoms with E-state index in [1.165, 1.54) is 0 Å². The fraction of sp³-hybridized carbons (Fsp3) is 0.161. The predicted molar refractivity (Wildman–Crippen MR) is 140 cm³/mol. The molecule has 0 saturated heterocycles. The van der Waals surface area contributed by atoms with Gasteiger partial charge in [-0.2, -0.15) is 0 Å². The van der Waals surface area contributed by atoms with Crippen LogP contribution in [0.5, 0.6) is 5.75 Å². The van der Waals surface area contributed by atoms with Gasteiger partial charge in [-0.15, -0.1) is 0 Å². The normalized spacial score (nSPS) is 11.9. The van der Waals surface area contributed by atoms with Crippen molar-refractivity contribution in [2.75, 3.05) is 0 Å². The van der Waals surface area contributed by atoms with E-state index < -0.39 is 17.4 Å². The third kappa shape index (κ3) is 5.81. The van der Waals surface area contributed by atoms with Gasteiger partial charge in [0.2, 0.25) is 5.91 Å². The molecular weight excluding hydrogens is 450 g/mol. The Morgan fingerprint density at radius 1 is 0.750 bits per heavy atom. The van der Waals surface area contributed by atoms with E-state index in [9.17, 15) is 14.7 Å². The summed E-state index contributed by atoms with van der Waals surface area (Å²) in [6.07, 6.45) is 0.152. The molecule has 0 fully saturated rings. The van der Waals surface area contributed by atoms with Gasteiger partial charge in [0, 0.05) is 6.42 Å². The van der Waals surface area contributed by atoms with E-state index in [0.29, 0.717) is 12.4 Å². The Balaban J connectivity index is 1.48. The minimum atomic E-state index is -1.09. The lowest BCUT2D eigenvalue weighted by Gasteiger charge is -2.31. The molecule has 1 amide bonds. The number of amides is 1. The predicted octanol–water partition coefficient (Wildman–Crippen LogP) is 5.38. The van der Waals surface area contributed by atoms with Gasteiger partial charge in [0.15, 0.2) is 0 Å². The Bertz CT molecular complexity index is 1230. The third-order valence-electron chi connectivity index (χ3n) is 6.37. The fourth-order valence-corrected chi connectivity index (χ4v) is 4.17. The van der Waals surface area contributed by atoms with Gasteiger partial charge in [0.25, 0.3) is 0 Å². The average molecular weight is 480 g/mol. The number of aliphatic carboxylic acids is 1. The second-order valence-electron chi connectivity index (χ2n) is 8.84. The van der Waals surface area contributed by atoms with Gasteiger partial charge in [-0.25, -0.2) is 4.79 Å². The lowest BCUT2D eigenvalue weighted by Crippen LogP contribution is -2.50. The van der Waals surface area contributed by atoms with Crippen LogP contribution in [0.25, 0.3) is 0 Å². The monoisotopic (exact) mass is 479 g/mol. The average Bonchev–Trinajstić information content (AvgIpc) is 2.93. The standard InChI is InChI=1S/C31H29NO4/c1-31(25-13-7-3-8-14-25,26-15-9-4-10-16-26)30(35)32-28(29(33)34)21-23-17-19-27(20-18-23)36-22-24-11-5-2-6-12-24/h2-20,28H,21-22H2,1H3,(H,32,35)(H,33,34)/t28-/m1/s1. The zero-order valence-electron chi connectivity index (χ0n) is 20.1. The minimum absolute atomic E-state index is 0.152. The number of hydrogen-bond acceptors (Lipinski definition) is 3. The Morgan fingerprint density at radius 2 is 1.25 bits per heavy atom. The number of carbonyl (C=O) groups excluding carboxylic acids is 1. The molecule has 0 radical (unpaired) electrons. The van der Waals surface area contributed by atoms with Gasteiger partial charge in [-0.05, 0) is 41.3 Å². The number of carbonyl (C=O) groups is 2. The molecule has 36 heavy (non-hydrogen) atoms. The van der Waals surface area contributed by atoms with Gasteiger partial charge >= 0.3 is 5.97 Å².